The average molecular weight is 397 g/mol. The molecule has 118 valence electrons. The van der Waals surface area contributed by atoms with Crippen LogP contribution in [0.5, 0.6) is 0 Å². The number of hydrogen-bond donors (Lipinski definition) is 1. The Hall–Kier alpha value is -0.480. The Morgan fingerprint density at radius 3 is 2.62 bits per heavy atom. The van der Waals surface area contributed by atoms with Gasteiger partial charge in [0.05, 0.1) is 16.4 Å². The van der Waals surface area contributed by atoms with Gasteiger partial charge in [-0.05, 0) is 40.0 Å². The zero-order valence-electron chi connectivity index (χ0n) is 11.5. The van der Waals surface area contributed by atoms with E-state index >= 15 is 0 Å². The average Bonchev–Trinajstić information content (AvgIpc) is 2.78. The maximum absolute atomic E-state index is 12.7. The zero-order valence-corrected chi connectivity index (χ0v) is 14.7. The normalized spacial score (nSPS) is 21.8. The molecule has 1 fully saturated rings. The number of rotatable bonds is 4. The Bertz CT molecular complexity index is 747. The van der Waals surface area contributed by atoms with E-state index in [4.69, 9.17) is 5.73 Å². The monoisotopic (exact) mass is 396 g/mol. The molecule has 0 saturated carbocycles. The number of hydrogen-bond acceptors (Lipinski definition) is 5. The molecule has 0 bridgehead atoms. The van der Waals surface area contributed by atoms with Crippen molar-refractivity contribution in [1.29, 1.82) is 0 Å². The van der Waals surface area contributed by atoms with E-state index in [0.29, 0.717) is 16.5 Å². The van der Waals surface area contributed by atoms with Crippen molar-refractivity contribution in [3.63, 3.8) is 0 Å². The summed E-state index contributed by atoms with van der Waals surface area (Å²) in [6.07, 6.45) is 0.326. The lowest BCUT2D eigenvalue weighted by Gasteiger charge is -2.23. The lowest BCUT2D eigenvalue weighted by molar-refractivity contribution is 0.393. The predicted octanol–water partition coefficient (Wildman–Crippen LogP) is 0.715. The molecule has 0 amide bonds. The van der Waals surface area contributed by atoms with Crippen molar-refractivity contribution < 1.29 is 16.8 Å². The number of sulfonamides is 1. The molecule has 9 heteroatoms. The number of benzene rings is 1. The van der Waals surface area contributed by atoms with Crippen molar-refractivity contribution in [2.24, 2.45) is 5.73 Å². The smallest absolute Gasteiger partial charge is 0.244 e. The lowest BCUT2D eigenvalue weighted by Crippen LogP contribution is -2.38. The first-order valence-electron chi connectivity index (χ1n) is 6.34. The Morgan fingerprint density at radius 2 is 2.10 bits per heavy atom. The van der Waals surface area contributed by atoms with Gasteiger partial charge in [-0.2, -0.15) is 4.31 Å². The molecule has 1 heterocycles. The van der Waals surface area contributed by atoms with Crippen LogP contribution in [-0.2, 0) is 26.4 Å². The molecule has 2 N–H and O–H groups in total. The van der Waals surface area contributed by atoms with Crippen LogP contribution >= 0.6 is 15.9 Å². The van der Waals surface area contributed by atoms with Crippen LogP contribution in [-0.4, -0.2) is 45.7 Å². The summed E-state index contributed by atoms with van der Waals surface area (Å²) in [5.74, 6) is -0.0987. The van der Waals surface area contributed by atoms with Gasteiger partial charge in [-0.1, -0.05) is 6.07 Å². The van der Waals surface area contributed by atoms with E-state index in [1.807, 2.05) is 0 Å². The van der Waals surface area contributed by atoms with Crippen LogP contribution in [0.3, 0.4) is 0 Å². The standard InChI is InChI=1S/C12H17BrN2O4S2/c1-15(10-4-5-20(16,17)8-10)21(18,19)12-6-9(7-14)2-3-11(12)13/h2-3,6,10H,4-5,7-8,14H2,1H3. The predicted molar refractivity (Wildman–Crippen MR) is 84.0 cm³/mol. The summed E-state index contributed by atoms with van der Waals surface area (Å²) >= 11 is 3.23. The van der Waals surface area contributed by atoms with Gasteiger partial charge in [-0.25, -0.2) is 16.8 Å². The van der Waals surface area contributed by atoms with Crippen molar-refractivity contribution in [3.05, 3.63) is 28.2 Å². The summed E-state index contributed by atoms with van der Waals surface area (Å²) in [6.45, 7) is 0.233. The lowest BCUT2D eigenvalue weighted by atomic mass is 10.2. The first-order chi connectivity index (χ1) is 9.67. The van der Waals surface area contributed by atoms with Crippen LogP contribution in [0.2, 0.25) is 0 Å². The third-order valence-electron chi connectivity index (χ3n) is 3.61. The molecule has 0 radical (unpaired) electrons. The fraction of sp³-hybridized carbons (Fsp3) is 0.500. The number of nitrogens with two attached hydrogens (primary N) is 1. The van der Waals surface area contributed by atoms with Crippen LogP contribution in [0.15, 0.2) is 27.6 Å². The summed E-state index contributed by atoms with van der Waals surface area (Å²) < 4.78 is 50.0. The van der Waals surface area contributed by atoms with E-state index < -0.39 is 25.9 Å². The second-order valence-electron chi connectivity index (χ2n) is 5.05. The molecule has 1 aromatic carbocycles. The third kappa shape index (κ3) is 3.48. The molecular weight excluding hydrogens is 380 g/mol. The minimum Gasteiger partial charge on any atom is -0.326 e. The minimum atomic E-state index is -3.77. The highest BCUT2D eigenvalue weighted by molar-refractivity contribution is 9.10. The Labute approximate surface area is 133 Å². The van der Waals surface area contributed by atoms with E-state index in [0.717, 1.165) is 4.31 Å². The molecule has 1 saturated heterocycles. The molecule has 1 unspecified atom stereocenters. The number of nitrogens with zero attached hydrogens (tertiary/aromatic N) is 1. The molecule has 1 atom stereocenters. The van der Waals surface area contributed by atoms with Gasteiger partial charge in [0.25, 0.3) is 0 Å². The molecule has 21 heavy (non-hydrogen) atoms. The molecule has 0 aromatic heterocycles. The number of halogens is 1. The fourth-order valence-electron chi connectivity index (χ4n) is 2.29. The second-order valence-corrected chi connectivity index (χ2v) is 10.1. The van der Waals surface area contributed by atoms with Crippen LogP contribution in [0.4, 0.5) is 0 Å². The van der Waals surface area contributed by atoms with E-state index in [9.17, 15) is 16.8 Å². The van der Waals surface area contributed by atoms with Gasteiger partial charge in [0, 0.05) is 24.1 Å². The maximum Gasteiger partial charge on any atom is 0.244 e. The van der Waals surface area contributed by atoms with Crippen LogP contribution in [0.1, 0.15) is 12.0 Å². The summed E-state index contributed by atoms with van der Waals surface area (Å²) in [5, 5.41) is 0. The maximum atomic E-state index is 12.7. The first kappa shape index (κ1) is 16.9. The fourth-order valence-corrected chi connectivity index (χ4v) is 6.51. The van der Waals surface area contributed by atoms with Crippen molar-refractivity contribution >= 4 is 35.8 Å². The summed E-state index contributed by atoms with van der Waals surface area (Å²) in [5.41, 5.74) is 6.24. The van der Waals surface area contributed by atoms with Gasteiger partial charge in [0.1, 0.15) is 0 Å². The van der Waals surface area contributed by atoms with Gasteiger partial charge < -0.3 is 5.73 Å². The van der Waals surface area contributed by atoms with Crippen molar-refractivity contribution in [2.75, 3.05) is 18.6 Å². The van der Waals surface area contributed by atoms with E-state index in [1.165, 1.54) is 13.1 Å². The highest BCUT2D eigenvalue weighted by atomic mass is 79.9. The highest BCUT2D eigenvalue weighted by Gasteiger charge is 2.37. The van der Waals surface area contributed by atoms with E-state index in [1.54, 1.807) is 12.1 Å². The first-order valence-corrected chi connectivity index (χ1v) is 10.4. The molecule has 0 spiro atoms. The quantitative estimate of drug-likeness (QED) is 0.807. The summed E-state index contributed by atoms with van der Waals surface area (Å²) in [7, 11) is -5.49. The van der Waals surface area contributed by atoms with Gasteiger partial charge >= 0.3 is 0 Å². The Kier molecular flexibility index (Phi) is 4.79. The topological polar surface area (TPSA) is 97.5 Å². The van der Waals surface area contributed by atoms with Crippen molar-refractivity contribution in [1.82, 2.24) is 4.31 Å². The third-order valence-corrected chi connectivity index (χ3v) is 8.27. The molecule has 2 rings (SSSR count). The zero-order chi connectivity index (χ0) is 15.8. The Balaban J connectivity index is 2.38. The van der Waals surface area contributed by atoms with E-state index in [2.05, 4.69) is 15.9 Å². The SMILES string of the molecule is CN(C1CCS(=O)(=O)C1)S(=O)(=O)c1cc(CN)ccc1Br. The van der Waals surface area contributed by atoms with E-state index in [-0.39, 0.29) is 22.9 Å². The van der Waals surface area contributed by atoms with Crippen molar-refractivity contribution in [3.8, 4) is 0 Å². The number of sulfone groups is 1. The molecule has 1 aliphatic rings. The van der Waals surface area contributed by atoms with Crippen LogP contribution < -0.4 is 5.73 Å². The minimum absolute atomic E-state index is 0.0293. The van der Waals surface area contributed by atoms with Gasteiger partial charge in [0.2, 0.25) is 10.0 Å². The van der Waals surface area contributed by atoms with Gasteiger partial charge in [0.15, 0.2) is 9.84 Å². The van der Waals surface area contributed by atoms with Crippen molar-refractivity contribution in [2.45, 2.75) is 23.9 Å². The molecule has 1 aromatic rings. The van der Waals surface area contributed by atoms with Crippen LogP contribution in [0, 0.1) is 0 Å². The molecule has 0 aliphatic carbocycles. The molecule has 1 aliphatic heterocycles. The largest absolute Gasteiger partial charge is 0.326 e. The molecule has 6 nitrogen and oxygen atoms in total. The second kappa shape index (κ2) is 5.96. The Morgan fingerprint density at radius 1 is 1.43 bits per heavy atom. The highest BCUT2D eigenvalue weighted by Crippen LogP contribution is 2.29. The summed E-state index contributed by atoms with van der Waals surface area (Å²) in [4.78, 5) is 0.109. The molecular formula is C12H17BrN2O4S2. The van der Waals surface area contributed by atoms with Crippen LogP contribution in [0.25, 0.3) is 0 Å². The van der Waals surface area contributed by atoms with Gasteiger partial charge in [-0.15, -0.1) is 0 Å². The van der Waals surface area contributed by atoms with Gasteiger partial charge in [-0.3, -0.25) is 0 Å². The summed E-state index contributed by atoms with van der Waals surface area (Å²) in [6, 6.07) is 4.37.